The zero-order valence-corrected chi connectivity index (χ0v) is 14.5. The molecule has 0 radical (unpaired) electrons. The Balaban J connectivity index is 1.42. The van der Waals surface area contributed by atoms with Crippen molar-refractivity contribution in [3.05, 3.63) is 0 Å². The van der Waals surface area contributed by atoms with Crippen LogP contribution in [0.1, 0.15) is 26.2 Å². The number of likely N-dealkylation sites (tertiary alicyclic amines) is 2. The van der Waals surface area contributed by atoms with Gasteiger partial charge >= 0.3 is 0 Å². The van der Waals surface area contributed by atoms with Crippen molar-refractivity contribution in [2.75, 3.05) is 26.2 Å². The van der Waals surface area contributed by atoms with E-state index in [1.165, 1.54) is 0 Å². The molecule has 2 unspecified atom stereocenters. The Labute approximate surface area is 145 Å². The first-order valence-corrected chi connectivity index (χ1v) is 9.24. The SMILES string of the molecule is CCN1CCCC(N2CC(NC(=O)CC3SC(=N)NC3=O)C2)C1=O. The predicted octanol–water partition coefficient (Wildman–Crippen LogP) is -0.646. The molecule has 9 heteroatoms. The molecule has 3 fully saturated rings. The molecular weight excluding hydrogens is 330 g/mol. The topological polar surface area (TPSA) is 106 Å². The Bertz CT molecular complexity index is 563. The molecule has 0 aromatic rings. The highest BCUT2D eigenvalue weighted by Gasteiger charge is 2.40. The number of amidine groups is 1. The van der Waals surface area contributed by atoms with Crippen LogP contribution in [0.3, 0.4) is 0 Å². The first-order chi connectivity index (χ1) is 11.5. The molecule has 132 valence electrons. The zero-order valence-electron chi connectivity index (χ0n) is 13.7. The smallest absolute Gasteiger partial charge is 0.240 e. The van der Waals surface area contributed by atoms with Crippen molar-refractivity contribution < 1.29 is 14.4 Å². The van der Waals surface area contributed by atoms with E-state index in [4.69, 9.17) is 5.41 Å². The van der Waals surface area contributed by atoms with Gasteiger partial charge in [0, 0.05) is 32.6 Å². The summed E-state index contributed by atoms with van der Waals surface area (Å²) >= 11 is 1.08. The minimum atomic E-state index is -0.508. The Hall–Kier alpha value is -1.61. The highest BCUT2D eigenvalue weighted by Crippen LogP contribution is 2.23. The first kappa shape index (κ1) is 17.2. The third kappa shape index (κ3) is 3.56. The van der Waals surface area contributed by atoms with Gasteiger partial charge in [0.05, 0.1) is 12.1 Å². The number of nitrogens with one attached hydrogen (secondary N) is 3. The number of piperidine rings is 1. The van der Waals surface area contributed by atoms with Gasteiger partial charge in [-0.2, -0.15) is 0 Å². The second-order valence-corrected chi connectivity index (χ2v) is 7.64. The molecule has 3 rings (SSSR count). The second kappa shape index (κ2) is 7.10. The van der Waals surface area contributed by atoms with Gasteiger partial charge in [0.15, 0.2) is 5.17 Å². The molecule has 0 bridgehead atoms. The second-order valence-electron chi connectivity index (χ2n) is 6.42. The molecule has 3 heterocycles. The largest absolute Gasteiger partial charge is 0.351 e. The van der Waals surface area contributed by atoms with Crippen LogP contribution < -0.4 is 10.6 Å². The third-order valence-electron chi connectivity index (χ3n) is 4.76. The van der Waals surface area contributed by atoms with Crippen LogP contribution in [-0.2, 0) is 14.4 Å². The van der Waals surface area contributed by atoms with Crippen LogP contribution in [-0.4, -0.2) is 76.2 Å². The lowest BCUT2D eigenvalue weighted by atomic mass is 9.97. The van der Waals surface area contributed by atoms with Crippen LogP contribution in [0.4, 0.5) is 0 Å². The molecular formula is C15H23N5O3S. The van der Waals surface area contributed by atoms with Crippen molar-refractivity contribution in [2.45, 2.75) is 43.5 Å². The average Bonchev–Trinajstić information content (AvgIpc) is 2.81. The molecule has 3 amide bonds. The number of thioether (sulfide) groups is 1. The summed E-state index contributed by atoms with van der Waals surface area (Å²) in [6.07, 6.45) is 2.00. The predicted molar refractivity (Wildman–Crippen MR) is 90.6 cm³/mol. The van der Waals surface area contributed by atoms with Gasteiger partial charge < -0.3 is 15.5 Å². The fourth-order valence-corrected chi connectivity index (χ4v) is 4.28. The van der Waals surface area contributed by atoms with E-state index in [1.807, 2.05) is 11.8 Å². The maximum absolute atomic E-state index is 12.3. The van der Waals surface area contributed by atoms with Crippen molar-refractivity contribution in [3.63, 3.8) is 0 Å². The molecule has 0 aromatic heterocycles. The van der Waals surface area contributed by atoms with Crippen LogP contribution in [0.15, 0.2) is 0 Å². The fourth-order valence-electron chi connectivity index (χ4n) is 3.44. The lowest BCUT2D eigenvalue weighted by Crippen LogP contribution is -2.66. The van der Waals surface area contributed by atoms with Crippen LogP contribution >= 0.6 is 11.8 Å². The van der Waals surface area contributed by atoms with Crippen molar-refractivity contribution in [1.82, 2.24) is 20.4 Å². The summed E-state index contributed by atoms with van der Waals surface area (Å²) in [5, 5.41) is 12.3. The first-order valence-electron chi connectivity index (χ1n) is 8.36. The summed E-state index contributed by atoms with van der Waals surface area (Å²) in [4.78, 5) is 39.9. The lowest BCUT2D eigenvalue weighted by Gasteiger charge is -2.46. The molecule has 24 heavy (non-hydrogen) atoms. The summed E-state index contributed by atoms with van der Waals surface area (Å²) in [6.45, 7) is 4.95. The molecule has 0 aliphatic carbocycles. The molecule has 3 saturated heterocycles. The van der Waals surface area contributed by atoms with E-state index in [9.17, 15) is 14.4 Å². The number of rotatable bonds is 5. The van der Waals surface area contributed by atoms with Crippen LogP contribution in [0.5, 0.6) is 0 Å². The van der Waals surface area contributed by atoms with Gasteiger partial charge in [-0.15, -0.1) is 0 Å². The Morgan fingerprint density at radius 3 is 2.79 bits per heavy atom. The van der Waals surface area contributed by atoms with E-state index < -0.39 is 5.25 Å². The number of hydrogen-bond acceptors (Lipinski definition) is 6. The van der Waals surface area contributed by atoms with Crippen molar-refractivity contribution in [1.29, 1.82) is 5.41 Å². The van der Waals surface area contributed by atoms with E-state index in [0.717, 1.165) is 37.7 Å². The average molecular weight is 353 g/mol. The number of nitrogens with zero attached hydrogens (tertiary/aromatic N) is 2. The van der Waals surface area contributed by atoms with Gasteiger partial charge in [0.2, 0.25) is 17.7 Å². The monoisotopic (exact) mass is 353 g/mol. The Kier molecular flexibility index (Phi) is 5.09. The summed E-state index contributed by atoms with van der Waals surface area (Å²) in [6, 6.07) is -0.0142. The van der Waals surface area contributed by atoms with E-state index in [1.54, 1.807) is 0 Å². The van der Waals surface area contributed by atoms with E-state index in [0.29, 0.717) is 13.1 Å². The summed E-state index contributed by atoms with van der Waals surface area (Å²) in [7, 11) is 0. The third-order valence-corrected chi connectivity index (χ3v) is 5.76. The standard InChI is InChI=1S/C15H23N5O3S/c1-2-19-5-3-4-10(14(19)23)20-7-9(8-20)17-12(21)6-11-13(22)18-15(16)24-11/h9-11H,2-8H2,1H3,(H,17,21)(H2,16,18,22). The molecule has 2 atom stereocenters. The Morgan fingerprint density at radius 2 is 2.17 bits per heavy atom. The maximum atomic E-state index is 12.3. The highest BCUT2D eigenvalue weighted by atomic mass is 32.2. The number of hydrogen-bond donors (Lipinski definition) is 3. The fraction of sp³-hybridized carbons (Fsp3) is 0.733. The quantitative estimate of drug-likeness (QED) is 0.609. The summed E-state index contributed by atoms with van der Waals surface area (Å²) < 4.78 is 0. The molecule has 3 aliphatic rings. The van der Waals surface area contributed by atoms with Crippen LogP contribution in [0.25, 0.3) is 0 Å². The van der Waals surface area contributed by atoms with Gasteiger partial charge in [-0.25, -0.2) is 0 Å². The van der Waals surface area contributed by atoms with Gasteiger partial charge in [-0.05, 0) is 19.8 Å². The minimum Gasteiger partial charge on any atom is -0.351 e. The van der Waals surface area contributed by atoms with Gasteiger partial charge in [-0.1, -0.05) is 11.8 Å². The zero-order chi connectivity index (χ0) is 17.3. The summed E-state index contributed by atoms with van der Waals surface area (Å²) in [5.41, 5.74) is 0. The number of carbonyl (C=O) groups excluding carboxylic acids is 3. The molecule has 8 nitrogen and oxygen atoms in total. The van der Waals surface area contributed by atoms with Crippen molar-refractivity contribution in [2.24, 2.45) is 0 Å². The molecule has 0 saturated carbocycles. The van der Waals surface area contributed by atoms with E-state index in [-0.39, 0.29) is 41.4 Å². The molecule has 0 aromatic carbocycles. The normalized spacial score (nSPS) is 28.7. The van der Waals surface area contributed by atoms with Gasteiger partial charge in [0.25, 0.3) is 0 Å². The van der Waals surface area contributed by atoms with Gasteiger partial charge in [0.1, 0.15) is 5.25 Å². The van der Waals surface area contributed by atoms with Crippen LogP contribution in [0, 0.1) is 5.41 Å². The van der Waals surface area contributed by atoms with Gasteiger partial charge in [-0.3, -0.25) is 24.7 Å². The highest BCUT2D eigenvalue weighted by molar-refractivity contribution is 8.15. The van der Waals surface area contributed by atoms with E-state index in [2.05, 4.69) is 15.5 Å². The van der Waals surface area contributed by atoms with Crippen LogP contribution in [0.2, 0.25) is 0 Å². The maximum Gasteiger partial charge on any atom is 0.240 e. The number of likely N-dealkylation sites (N-methyl/N-ethyl adjacent to an activating group) is 1. The minimum absolute atomic E-state index is 0.0382. The van der Waals surface area contributed by atoms with E-state index >= 15 is 0 Å². The lowest BCUT2D eigenvalue weighted by molar-refractivity contribution is -0.142. The summed E-state index contributed by atoms with van der Waals surface area (Å²) in [5.74, 6) is -0.249. The molecule has 0 spiro atoms. The Morgan fingerprint density at radius 1 is 1.42 bits per heavy atom. The van der Waals surface area contributed by atoms with Crippen molar-refractivity contribution in [3.8, 4) is 0 Å². The van der Waals surface area contributed by atoms with Crippen molar-refractivity contribution >= 4 is 34.7 Å². The molecule has 3 aliphatic heterocycles. The number of amides is 3. The number of carbonyl (C=O) groups is 3. The molecule has 3 N–H and O–H groups in total.